The second kappa shape index (κ2) is 7.16. The number of sulfone groups is 1. The van der Waals surface area contributed by atoms with Crippen molar-refractivity contribution in [3.63, 3.8) is 0 Å². The van der Waals surface area contributed by atoms with E-state index in [9.17, 15) is 13.2 Å². The molecular weight excluding hydrogens is 356 g/mol. The molecule has 1 amide bonds. The van der Waals surface area contributed by atoms with Gasteiger partial charge in [-0.25, -0.2) is 13.4 Å². The smallest absolute Gasteiger partial charge is 0.253 e. The number of rotatable bonds is 5. The molecule has 2 heterocycles. The van der Waals surface area contributed by atoms with Crippen LogP contribution >= 0.6 is 11.3 Å². The molecule has 0 atom stereocenters. The number of carbonyl (C=O) groups is 1. The summed E-state index contributed by atoms with van der Waals surface area (Å²) in [5.74, 6) is -0.291. The molecule has 0 aliphatic carbocycles. The Morgan fingerprint density at radius 1 is 1.12 bits per heavy atom. The quantitative estimate of drug-likeness (QED) is 0.746. The van der Waals surface area contributed by atoms with E-state index in [4.69, 9.17) is 0 Å². The zero-order chi connectivity index (χ0) is 17.9. The Hall–Kier alpha value is -2.51. The van der Waals surface area contributed by atoms with Crippen molar-refractivity contribution in [1.82, 2.24) is 10.3 Å². The van der Waals surface area contributed by atoms with Gasteiger partial charge in [-0.3, -0.25) is 4.79 Å². The Labute approximate surface area is 150 Å². The highest BCUT2D eigenvalue weighted by molar-refractivity contribution is 7.91. The van der Waals surface area contributed by atoms with E-state index in [-0.39, 0.29) is 15.8 Å². The minimum absolute atomic E-state index is 0.0776. The van der Waals surface area contributed by atoms with Crippen LogP contribution in [0.25, 0.3) is 0 Å². The van der Waals surface area contributed by atoms with Gasteiger partial charge in [-0.1, -0.05) is 23.8 Å². The van der Waals surface area contributed by atoms with Gasteiger partial charge in [0, 0.05) is 11.1 Å². The summed E-state index contributed by atoms with van der Waals surface area (Å²) in [5.41, 5.74) is 1.30. The molecule has 1 aromatic carbocycles. The van der Waals surface area contributed by atoms with Crippen LogP contribution in [0.2, 0.25) is 0 Å². The van der Waals surface area contributed by atoms with Crippen LogP contribution in [0.3, 0.4) is 0 Å². The minimum Gasteiger partial charge on any atom is -0.347 e. The molecule has 128 valence electrons. The van der Waals surface area contributed by atoms with Gasteiger partial charge in [0.15, 0.2) is 5.03 Å². The number of nitrogens with one attached hydrogen (secondary N) is 1. The fourth-order valence-electron chi connectivity index (χ4n) is 2.19. The van der Waals surface area contributed by atoms with E-state index < -0.39 is 9.84 Å². The highest BCUT2D eigenvalue weighted by Gasteiger charge is 2.19. The van der Waals surface area contributed by atoms with Crippen LogP contribution < -0.4 is 5.32 Å². The highest BCUT2D eigenvalue weighted by Crippen LogP contribution is 2.19. The van der Waals surface area contributed by atoms with Crippen molar-refractivity contribution in [3.8, 4) is 0 Å². The fraction of sp³-hybridized carbons (Fsp3) is 0.111. The van der Waals surface area contributed by atoms with E-state index in [0.29, 0.717) is 12.1 Å². The van der Waals surface area contributed by atoms with E-state index in [1.807, 2.05) is 24.4 Å². The van der Waals surface area contributed by atoms with E-state index in [0.717, 1.165) is 10.4 Å². The molecule has 1 N–H and O–H groups in total. The lowest BCUT2D eigenvalue weighted by atomic mass is 10.2. The summed E-state index contributed by atoms with van der Waals surface area (Å²) in [4.78, 5) is 17.3. The maximum absolute atomic E-state index is 12.5. The van der Waals surface area contributed by atoms with Crippen LogP contribution in [-0.4, -0.2) is 19.3 Å². The number of hydrogen-bond acceptors (Lipinski definition) is 5. The summed E-state index contributed by atoms with van der Waals surface area (Å²) in [7, 11) is -3.69. The van der Waals surface area contributed by atoms with E-state index >= 15 is 0 Å². The molecule has 0 saturated heterocycles. The third-order valence-corrected chi connectivity index (χ3v) is 6.17. The first-order chi connectivity index (χ1) is 12.0. The Balaban J connectivity index is 1.75. The number of aryl methyl sites for hydroxylation is 1. The van der Waals surface area contributed by atoms with Gasteiger partial charge in [0.25, 0.3) is 5.91 Å². The lowest BCUT2D eigenvalue weighted by Crippen LogP contribution is -2.22. The summed E-state index contributed by atoms with van der Waals surface area (Å²) in [6, 6.07) is 13.2. The van der Waals surface area contributed by atoms with Crippen molar-refractivity contribution < 1.29 is 13.2 Å². The second-order valence-electron chi connectivity index (χ2n) is 5.46. The monoisotopic (exact) mass is 372 g/mol. The number of carbonyl (C=O) groups excluding carboxylic acids is 1. The summed E-state index contributed by atoms with van der Waals surface area (Å²) in [6.07, 6.45) is 1.28. The third kappa shape index (κ3) is 3.94. The van der Waals surface area contributed by atoms with Crippen LogP contribution in [0, 0.1) is 6.92 Å². The molecule has 0 radical (unpaired) electrons. The van der Waals surface area contributed by atoms with Crippen LogP contribution in [0.5, 0.6) is 0 Å². The number of benzene rings is 1. The lowest BCUT2D eigenvalue weighted by molar-refractivity contribution is 0.0951. The maximum Gasteiger partial charge on any atom is 0.253 e. The third-order valence-electron chi connectivity index (χ3n) is 3.61. The number of hydrogen-bond donors (Lipinski definition) is 1. The van der Waals surface area contributed by atoms with Gasteiger partial charge in [-0.15, -0.1) is 11.3 Å². The predicted octanol–water partition coefficient (Wildman–Crippen LogP) is 3.21. The molecule has 0 saturated carbocycles. The maximum atomic E-state index is 12.5. The molecule has 0 spiro atoms. The lowest BCUT2D eigenvalue weighted by Gasteiger charge is -2.06. The number of nitrogens with zero attached hydrogens (tertiary/aromatic N) is 1. The standard InChI is InChI=1S/C18H16N2O3S2/c1-13-4-7-16(8-5-13)25(22,23)17-9-6-14(11-19-17)18(21)20-12-15-3-2-10-24-15/h2-11H,12H2,1H3,(H,20,21). The molecule has 0 aliphatic heterocycles. The van der Waals surface area contributed by atoms with Gasteiger partial charge in [-0.05, 0) is 42.6 Å². The summed E-state index contributed by atoms with van der Waals surface area (Å²) >= 11 is 1.55. The van der Waals surface area contributed by atoms with Crippen molar-refractivity contribution in [3.05, 3.63) is 76.1 Å². The predicted molar refractivity (Wildman–Crippen MR) is 96.4 cm³/mol. The van der Waals surface area contributed by atoms with Gasteiger partial charge in [0.1, 0.15) is 0 Å². The van der Waals surface area contributed by atoms with Crippen molar-refractivity contribution in [1.29, 1.82) is 0 Å². The topological polar surface area (TPSA) is 76.1 Å². The highest BCUT2D eigenvalue weighted by atomic mass is 32.2. The molecule has 0 bridgehead atoms. The molecule has 0 aliphatic rings. The van der Waals surface area contributed by atoms with Crippen LogP contribution in [-0.2, 0) is 16.4 Å². The van der Waals surface area contributed by atoms with E-state index in [2.05, 4.69) is 10.3 Å². The average Bonchev–Trinajstić information content (AvgIpc) is 3.14. The van der Waals surface area contributed by atoms with Gasteiger partial charge < -0.3 is 5.32 Å². The van der Waals surface area contributed by atoms with Gasteiger partial charge in [0.2, 0.25) is 9.84 Å². The zero-order valence-corrected chi connectivity index (χ0v) is 15.1. The van der Waals surface area contributed by atoms with Gasteiger partial charge in [0.05, 0.1) is 17.0 Å². The number of aromatic nitrogens is 1. The minimum atomic E-state index is -3.69. The Kier molecular flexibility index (Phi) is 4.96. The summed E-state index contributed by atoms with van der Waals surface area (Å²) in [6.45, 7) is 2.32. The summed E-state index contributed by atoms with van der Waals surface area (Å²) < 4.78 is 25.1. The Morgan fingerprint density at radius 2 is 1.88 bits per heavy atom. The Morgan fingerprint density at radius 3 is 2.48 bits per heavy atom. The number of thiophene rings is 1. The molecule has 5 nitrogen and oxygen atoms in total. The fourth-order valence-corrected chi connectivity index (χ4v) is 4.01. The molecule has 25 heavy (non-hydrogen) atoms. The average molecular weight is 372 g/mol. The normalized spacial score (nSPS) is 11.2. The molecule has 3 aromatic rings. The van der Waals surface area contributed by atoms with Gasteiger partial charge in [-0.2, -0.15) is 0 Å². The second-order valence-corrected chi connectivity index (χ2v) is 8.39. The SMILES string of the molecule is Cc1ccc(S(=O)(=O)c2ccc(C(=O)NCc3cccs3)cn2)cc1. The van der Waals surface area contributed by atoms with E-state index in [1.165, 1.54) is 18.3 Å². The first kappa shape index (κ1) is 17.3. The van der Waals surface area contributed by atoms with Crippen molar-refractivity contribution in [2.75, 3.05) is 0 Å². The zero-order valence-electron chi connectivity index (χ0n) is 13.5. The van der Waals surface area contributed by atoms with Crippen LogP contribution in [0.1, 0.15) is 20.8 Å². The molecule has 0 unspecified atom stereocenters. The molecular formula is C18H16N2O3S2. The first-order valence-electron chi connectivity index (χ1n) is 7.55. The van der Waals surface area contributed by atoms with Crippen LogP contribution in [0.4, 0.5) is 0 Å². The van der Waals surface area contributed by atoms with E-state index in [1.54, 1.807) is 35.6 Å². The van der Waals surface area contributed by atoms with Gasteiger partial charge >= 0.3 is 0 Å². The van der Waals surface area contributed by atoms with Crippen molar-refractivity contribution in [2.45, 2.75) is 23.4 Å². The van der Waals surface area contributed by atoms with Crippen LogP contribution in [0.15, 0.2) is 70.0 Å². The molecule has 0 fully saturated rings. The summed E-state index contributed by atoms with van der Waals surface area (Å²) in [5, 5.41) is 4.64. The van der Waals surface area contributed by atoms with Crippen molar-refractivity contribution in [2.24, 2.45) is 0 Å². The van der Waals surface area contributed by atoms with Crippen molar-refractivity contribution >= 4 is 27.1 Å². The molecule has 7 heteroatoms. The Bertz CT molecular complexity index is 962. The first-order valence-corrected chi connectivity index (χ1v) is 9.91. The number of amides is 1. The number of pyridine rings is 1. The largest absolute Gasteiger partial charge is 0.347 e. The molecule has 2 aromatic heterocycles. The molecule has 3 rings (SSSR count).